The Morgan fingerprint density at radius 3 is 2.53 bits per heavy atom. The predicted octanol–water partition coefficient (Wildman–Crippen LogP) is 3.08. The molecule has 10 heteroatoms. The van der Waals surface area contributed by atoms with Gasteiger partial charge in [-0.15, -0.1) is 11.3 Å². The number of ether oxygens (including phenoxy) is 2. The first kappa shape index (κ1) is 19.9. The molecule has 1 amide bonds. The van der Waals surface area contributed by atoms with Crippen molar-refractivity contribution >= 4 is 39.2 Å². The zero-order valence-corrected chi connectivity index (χ0v) is 17.2. The smallest absolute Gasteiger partial charge is 0.271 e. The molecule has 0 radical (unpaired) electrons. The molecule has 8 nitrogen and oxygen atoms in total. The predicted molar refractivity (Wildman–Crippen MR) is 114 cm³/mol. The maximum absolute atomic E-state index is 12.2. The highest BCUT2D eigenvalue weighted by molar-refractivity contribution is 7.94. The molecule has 0 spiro atoms. The Bertz CT molecular complexity index is 1170. The molecule has 30 heavy (non-hydrogen) atoms. The van der Waals surface area contributed by atoms with Gasteiger partial charge in [-0.1, -0.05) is 6.07 Å². The number of thiophene rings is 1. The van der Waals surface area contributed by atoms with Crippen LogP contribution in [0, 0.1) is 0 Å². The molecule has 1 aromatic heterocycles. The normalized spacial score (nSPS) is 13.2. The van der Waals surface area contributed by atoms with Gasteiger partial charge in [0.15, 0.2) is 11.5 Å². The Balaban J connectivity index is 1.36. The number of rotatable bonds is 6. The number of benzene rings is 2. The van der Waals surface area contributed by atoms with Gasteiger partial charge in [-0.05, 0) is 59.5 Å². The van der Waals surface area contributed by atoms with Crippen molar-refractivity contribution in [1.29, 1.82) is 0 Å². The molecule has 2 aromatic carbocycles. The Morgan fingerprint density at radius 2 is 1.80 bits per heavy atom. The Kier molecular flexibility index (Phi) is 5.68. The third-order valence-electron chi connectivity index (χ3n) is 4.11. The van der Waals surface area contributed by atoms with Crippen LogP contribution in [0.3, 0.4) is 0 Å². The number of sulfonamides is 1. The molecular formula is C20H17N3O5S2. The zero-order valence-electron chi connectivity index (χ0n) is 15.6. The average molecular weight is 444 g/mol. The highest BCUT2D eigenvalue weighted by Crippen LogP contribution is 2.30. The van der Waals surface area contributed by atoms with Gasteiger partial charge in [0, 0.05) is 11.3 Å². The summed E-state index contributed by atoms with van der Waals surface area (Å²) in [6.07, 6.45) is 1.50. The van der Waals surface area contributed by atoms with Crippen LogP contribution in [0.2, 0.25) is 0 Å². The number of nitrogens with zero attached hydrogens (tertiary/aromatic N) is 1. The minimum absolute atomic E-state index is 0.220. The minimum Gasteiger partial charge on any atom is -0.486 e. The Morgan fingerprint density at radius 1 is 1.03 bits per heavy atom. The number of nitrogens with one attached hydrogen (secondary N) is 2. The molecule has 0 bridgehead atoms. The molecular weight excluding hydrogens is 426 g/mol. The lowest BCUT2D eigenvalue weighted by Crippen LogP contribution is -2.18. The molecule has 1 aliphatic heterocycles. The fourth-order valence-corrected chi connectivity index (χ4v) is 4.73. The maximum Gasteiger partial charge on any atom is 0.271 e. The summed E-state index contributed by atoms with van der Waals surface area (Å²) in [6.45, 7) is 1.01. The van der Waals surface area contributed by atoms with E-state index < -0.39 is 15.9 Å². The lowest BCUT2D eigenvalue weighted by molar-refractivity contribution is 0.0955. The number of amides is 1. The first-order valence-electron chi connectivity index (χ1n) is 8.91. The fraction of sp³-hybridized carbons (Fsp3) is 0.100. The molecule has 0 aliphatic carbocycles. The minimum atomic E-state index is -3.63. The van der Waals surface area contributed by atoms with Gasteiger partial charge in [-0.3, -0.25) is 9.52 Å². The van der Waals surface area contributed by atoms with Crippen LogP contribution < -0.4 is 19.6 Å². The van der Waals surface area contributed by atoms with Crippen LogP contribution >= 0.6 is 11.3 Å². The van der Waals surface area contributed by atoms with Gasteiger partial charge in [0.05, 0.1) is 6.21 Å². The summed E-state index contributed by atoms with van der Waals surface area (Å²) >= 11 is 1.13. The van der Waals surface area contributed by atoms with Crippen LogP contribution in [0.25, 0.3) is 0 Å². The summed E-state index contributed by atoms with van der Waals surface area (Å²) in [7, 11) is -3.63. The number of hydrogen-bond donors (Lipinski definition) is 2. The first-order valence-corrected chi connectivity index (χ1v) is 11.3. The van der Waals surface area contributed by atoms with E-state index in [4.69, 9.17) is 9.47 Å². The van der Waals surface area contributed by atoms with Gasteiger partial charge in [0.1, 0.15) is 17.4 Å². The fourth-order valence-electron chi connectivity index (χ4n) is 2.68. The van der Waals surface area contributed by atoms with E-state index in [2.05, 4.69) is 15.2 Å². The first-order chi connectivity index (χ1) is 14.5. The average Bonchev–Trinajstić information content (AvgIpc) is 3.30. The van der Waals surface area contributed by atoms with Gasteiger partial charge < -0.3 is 9.47 Å². The molecule has 3 aromatic rings. The van der Waals surface area contributed by atoms with Crippen molar-refractivity contribution in [1.82, 2.24) is 5.43 Å². The van der Waals surface area contributed by atoms with Gasteiger partial charge >= 0.3 is 0 Å². The van der Waals surface area contributed by atoms with E-state index in [1.54, 1.807) is 29.6 Å². The summed E-state index contributed by atoms with van der Waals surface area (Å²) in [5.74, 6) is 0.894. The number of anilines is 1. The van der Waals surface area contributed by atoms with E-state index in [1.807, 2.05) is 0 Å². The van der Waals surface area contributed by atoms with Crippen molar-refractivity contribution in [2.75, 3.05) is 17.9 Å². The van der Waals surface area contributed by atoms with Crippen LogP contribution in [0.5, 0.6) is 11.5 Å². The largest absolute Gasteiger partial charge is 0.486 e. The second-order valence-electron chi connectivity index (χ2n) is 6.22. The van der Waals surface area contributed by atoms with Crippen molar-refractivity contribution in [2.45, 2.75) is 4.21 Å². The summed E-state index contributed by atoms with van der Waals surface area (Å²) in [4.78, 5) is 12.2. The topological polar surface area (TPSA) is 106 Å². The molecule has 2 heterocycles. The zero-order chi connectivity index (χ0) is 21.0. The lowest BCUT2D eigenvalue weighted by Gasteiger charge is -2.18. The SMILES string of the molecule is O=C(N/N=C/c1ccc2c(c1)OCCO2)c1ccc(NS(=O)(=O)c2cccs2)cc1. The van der Waals surface area contributed by atoms with Gasteiger partial charge in [0.2, 0.25) is 0 Å². The molecule has 0 saturated heterocycles. The number of carbonyl (C=O) groups excluding carboxylic acids is 1. The summed E-state index contributed by atoms with van der Waals surface area (Å²) in [5, 5.41) is 5.64. The van der Waals surface area contributed by atoms with Crippen molar-refractivity contribution in [2.24, 2.45) is 5.10 Å². The van der Waals surface area contributed by atoms with E-state index in [0.717, 1.165) is 16.9 Å². The number of carbonyl (C=O) groups is 1. The van der Waals surface area contributed by atoms with Crippen molar-refractivity contribution in [3.8, 4) is 11.5 Å². The van der Waals surface area contributed by atoms with E-state index in [9.17, 15) is 13.2 Å². The summed E-state index contributed by atoms with van der Waals surface area (Å²) in [6, 6.07) is 14.6. The van der Waals surface area contributed by atoms with E-state index >= 15 is 0 Å². The third-order valence-corrected chi connectivity index (χ3v) is 6.88. The lowest BCUT2D eigenvalue weighted by atomic mass is 10.2. The van der Waals surface area contributed by atoms with Crippen LogP contribution in [0.15, 0.2) is 69.3 Å². The monoisotopic (exact) mass is 443 g/mol. The Hall–Kier alpha value is -3.37. The summed E-state index contributed by atoms with van der Waals surface area (Å²) in [5.41, 5.74) is 3.89. The molecule has 1 aliphatic rings. The third kappa shape index (κ3) is 4.61. The van der Waals surface area contributed by atoms with Crippen molar-refractivity contribution in [3.05, 3.63) is 71.1 Å². The highest BCUT2D eigenvalue weighted by Gasteiger charge is 2.15. The van der Waals surface area contributed by atoms with E-state index in [-0.39, 0.29) is 4.21 Å². The summed E-state index contributed by atoms with van der Waals surface area (Å²) < 4.78 is 38.1. The molecule has 4 rings (SSSR count). The maximum atomic E-state index is 12.2. The molecule has 0 atom stereocenters. The standard InChI is InChI=1S/C20H17N3O5S2/c24-20(22-21-13-14-3-8-17-18(12-14)28-10-9-27-17)15-4-6-16(7-5-15)23-30(25,26)19-2-1-11-29-19/h1-8,11-13,23H,9-10H2,(H,22,24)/b21-13+. The van der Waals surface area contributed by atoms with E-state index in [1.165, 1.54) is 36.5 Å². The number of hydrogen-bond acceptors (Lipinski definition) is 7. The second kappa shape index (κ2) is 8.56. The van der Waals surface area contributed by atoms with Crippen LogP contribution in [-0.2, 0) is 10.0 Å². The van der Waals surface area contributed by atoms with Crippen LogP contribution in [0.1, 0.15) is 15.9 Å². The number of hydrazone groups is 1. The molecule has 0 fully saturated rings. The molecule has 0 saturated carbocycles. The second-order valence-corrected chi connectivity index (χ2v) is 9.07. The molecule has 0 unspecified atom stereocenters. The Labute approximate surface area is 177 Å². The van der Waals surface area contributed by atoms with Crippen molar-refractivity contribution in [3.63, 3.8) is 0 Å². The highest BCUT2D eigenvalue weighted by atomic mass is 32.2. The quantitative estimate of drug-likeness (QED) is 0.450. The van der Waals surface area contributed by atoms with Crippen LogP contribution in [-0.4, -0.2) is 33.8 Å². The molecule has 2 N–H and O–H groups in total. The van der Waals surface area contributed by atoms with Crippen LogP contribution in [0.4, 0.5) is 5.69 Å². The van der Waals surface area contributed by atoms with Gasteiger partial charge in [0.25, 0.3) is 15.9 Å². The molecule has 154 valence electrons. The van der Waals surface area contributed by atoms with Gasteiger partial charge in [-0.2, -0.15) is 5.10 Å². The van der Waals surface area contributed by atoms with Crippen molar-refractivity contribution < 1.29 is 22.7 Å². The van der Waals surface area contributed by atoms with Gasteiger partial charge in [-0.25, -0.2) is 13.8 Å². The van der Waals surface area contributed by atoms with E-state index in [0.29, 0.717) is 36.0 Å². The number of fused-ring (bicyclic) bond motifs is 1.